The van der Waals surface area contributed by atoms with Crippen LogP contribution in [0.4, 0.5) is 0 Å². The van der Waals surface area contributed by atoms with Gasteiger partial charge in [0.15, 0.2) is 0 Å². The number of rotatable bonds is 4. The van der Waals surface area contributed by atoms with Crippen LogP contribution in [0.3, 0.4) is 0 Å². The van der Waals surface area contributed by atoms with Crippen LogP contribution in [0.2, 0.25) is 0 Å². The monoisotopic (exact) mass is 273 g/mol. The normalized spacial score (nSPS) is 22.4. The van der Waals surface area contributed by atoms with E-state index in [1.807, 2.05) is 37.3 Å². The number of aliphatic carboxylic acids is 1. The number of hydrogen-bond donors (Lipinski definition) is 1. The highest BCUT2D eigenvalue weighted by Gasteiger charge is 2.47. The van der Waals surface area contributed by atoms with Gasteiger partial charge >= 0.3 is 5.97 Å². The second kappa shape index (κ2) is 5.90. The first kappa shape index (κ1) is 14.3. The third kappa shape index (κ3) is 2.59. The molecule has 1 aromatic carbocycles. The summed E-state index contributed by atoms with van der Waals surface area (Å²) in [5, 5.41) is 9.45. The topological polar surface area (TPSA) is 57.6 Å². The summed E-state index contributed by atoms with van der Waals surface area (Å²) in [4.78, 5) is 25.3. The number of likely N-dealkylation sites (tertiary alicyclic amines) is 1. The highest BCUT2D eigenvalue weighted by atomic mass is 16.4. The molecule has 1 unspecified atom stereocenters. The average molecular weight is 273 g/mol. The number of carboxylic acids is 1. The van der Waals surface area contributed by atoms with Crippen LogP contribution in [0.1, 0.15) is 31.7 Å². The summed E-state index contributed by atoms with van der Waals surface area (Å²) in [7, 11) is 0. The third-order valence-electron chi connectivity index (χ3n) is 3.96. The van der Waals surface area contributed by atoms with Gasteiger partial charge in [0.05, 0.1) is 0 Å². The Balaban J connectivity index is 2.16. The lowest BCUT2D eigenvalue weighted by Gasteiger charge is -2.33. The van der Waals surface area contributed by atoms with E-state index in [4.69, 9.17) is 0 Å². The van der Waals surface area contributed by atoms with E-state index in [0.717, 1.165) is 12.0 Å². The van der Waals surface area contributed by atoms with Crippen molar-refractivity contribution in [3.05, 3.63) is 42.0 Å². The lowest BCUT2D eigenvalue weighted by molar-refractivity contribution is -0.155. The molecular formula is C16H19NO3. The number of hydrogen-bond acceptors (Lipinski definition) is 2. The predicted molar refractivity (Wildman–Crippen MR) is 77.1 cm³/mol. The summed E-state index contributed by atoms with van der Waals surface area (Å²) >= 11 is 0. The van der Waals surface area contributed by atoms with Gasteiger partial charge in [-0.3, -0.25) is 4.79 Å². The van der Waals surface area contributed by atoms with Gasteiger partial charge in [-0.2, -0.15) is 0 Å². The van der Waals surface area contributed by atoms with Crippen LogP contribution in [0, 0.1) is 0 Å². The molecule has 4 nitrogen and oxygen atoms in total. The zero-order valence-corrected chi connectivity index (χ0v) is 11.6. The SMILES string of the molecule is CCC1(C(=O)O)CCCN1C(=O)/C=C/c1ccccc1. The molecule has 1 aliphatic heterocycles. The summed E-state index contributed by atoms with van der Waals surface area (Å²) in [6, 6.07) is 9.50. The largest absolute Gasteiger partial charge is 0.479 e. The number of nitrogens with zero attached hydrogens (tertiary/aromatic N) is 1. The van der Waals surface area contributed by atoms with Gasteiger partial charge in [-0.15, -0.1) is 0 Å². The molecule has 1 heterocycles. The Morgan fingerprint density at radius 1 is 1.35 bits per heavy atom. The lowest BCUT2D eigenvalue weighted by Crippen LogP contribution is -2.52. The summed E-state index contributed by atoms with van der Waals surface area (Å²) in [6.45, 7) is 2.33. The van der Waals surface area contributed by atoms with E-state index in [-0.39, 0.29) is 5.91 Å². The molecule has 1 amide bonds. The van der Waals surface area contributed by atoms with Crippen molar-refractivity contribution >= 4 is 18.0 Å². The van der Waals surface area contributed by atoms with Crippen molar-refractivity contribution in [1.29, 1.82) is 0 Å². The molecule has 1 N–H and O–H groups in total. The molecule has 0 spiro atoms. The molecule has 0 radical (unpaired) electrons. The van der Waals surface area contributed by atoms with E-state index < -0.39 is 11.5 Å². The summed E-state index contributed by atoms with van der Waals surface area (Å²) in [5.41, 5.74) is -0.101. The summed E-state index contributed by atoms with van der Waals surface area (Å²) < 4.78 is 0. The van der Waals surface area contributed by atoms with Gasteiger partial charge in [-0.05, 0) is 30.9 Å². The second-order valence-electron chi connectivity index (χ2n) is 5.03. The van der Waals surface area contributed by atoms with Crippen LogP contribution in [0.15, 0.2) is 36.4 Å². The van der Waals surface area contributed by atoms with Crippen molar-refractivity contribution in [2.24, 2.45) is 0 Å². The van der Waals surface area contributed by atoms with E-state index in [0.29, 0.717) is 19.4 Å². The maximum Gasteiger partial charge on any atom is 0.329 e. The number of benzene rings is 1. The van der Waals surface area contributed by atoms with Crippen LogP contribution in [-0.2, 0) is 9.59 Å². The third-order valence-corrected chi connectivity index (χ3v) is 3.96. The molecule has 20 heavy (non-hydrogen) atoms. The minimum atomic E-state index is -1.03. The molecule has 1 atom stereocenters. The van der Waals surface area contributed by atoms with Gasteiger partial charge in [0.1, 0.15) is 5.54 Å². The van der Waals surface area contributed by atoms with E-state index in [9.17, 15) is 14.7 Å². The zero-order valence-electron chi connectivity index (χ0n) is 11.6. The lowest BCUT2D eigenvalue weighted by atomic mass is 9.93. The first-order valence-corrected chi connectivity index (χ1v) is 6.88. The van der Waals surface area contributed by atoms with Gasteiger partial charge in [0.2, 0.25) is 5.91 Å². The molecule has 0 aromatic heterocycles. The smallest absolute Gasteiger partial charge is 0.329 e. The van der Waals surface area contributed by atoms with E-state index in [2.05, 4.69) is 0 Å². The van der Waals surface area contributed by atoms with Crippen molar-refractivity contribution in [3.8, 4) is 0 Å². The van der Waals surface area contributed by atoms with Crippen LogP contribution >= 0.6 is 0 Å². The first-order valence-electron chi connectivity index (χ1n) is 6.88. The van der Waals surface area contributed by atoms with E-state index in [1.165, 1.54) is 11.0 Å². The van der Waals surface area contributed by atoms with Crippen LogP contribution in [-0.4, -0.2) is 34.0 Å². The highest BCUT2D eigenvalue weighted by Crippen LogP contribution is 2.33. The van der Waals surface area contributed by atoms with Crippen molar-refractivity contribution < 1.29 is 14.7 Å². The van der Waals surface area contributed by atoms with Crippen molar-refractivity contribution in [3.63, 3.8) is 0 Å². The molecule has 0 aliphatic carbocycles. The Morgan fingerprint density at radius 3 is 2.65 bits per heavy atom. The maximum atomic E-state index is 12.3. The Bertz CT molecular complexity index is 524. The molecule has 1 saturated heterocycles. The Hall–Kier alpha value is -2.10. The van der Waals surface area contributed by atoms with Gasteiger partial charge in [0.25, 0.3) is 0 Å². The quantitative estimate of drug-likeness (QED) is 0.858. The summed E-state index contributed by atoms with van der Waals surface area (Å²) in [6.07, 6.45) is 4.90. The number of carboxylic acid groups (broad SMARTS) is 1. The number of carbonyl (C=O) groups is 2. The molecule has 1 aromatic rings. The van der Waals surface area contributed by atoms with Crippen LogP contribution < -0.4 is 0 Å². The van der Waals surface area contributed by atoms with E-state index >= 15 is 0 Å². The van der Waals surface area contributed by atoms with Gasteiger partial charge in [0, 0.05) is 12.6 Å². The molecule has 4 heteroatoms. The fourth-order valence-electron chi connectivity index (χ4n) is 2.76. The van der Waals surface area contributed by atoms with Gasteiger partial charge < -0.3 is 10.0 Å². The predicted octanol–water partition coefficient (Wildman–Crippen LogP) is 2.56. The summed E-state index contributed by atoms with van der Waals surface area (Å²) in [5.74, 6) is -1.13. The maximum absolute atomic E-state index is 12.3. The van der Waals surface area contributed by atoms with Crippen molar-refractivity contribution in [2.75, 3.05) is 6.54 Å². The standard InChI is InChI=1S/C16H19NO3/c1-2-16(15(19)20)11-6-12-17(16)14(18)10-9-13-7-4-3-5-8-13/h3-5,7-10H,2,6,11-12H2,1H3,(H,19,20)/b10-9+. The number of carbonyl (C=O) groups excluding carboxylic acids is 1. The van der Waals surface area contributed by atoms with Crippen molar-refractivity contribution in [2.45, 2.75) is 31.7 Å². The molecule has 1 aliphatic rings. The fraction of sp³-hybridized carbons (Fsp3) is 0.375. The average Bonchev–Trinajstić information content (AvgIpc) is 2.91. The molecule has 1 fully saturated rings. The van der Waals surface area contributed by atoms with Gasteiger partial charge in [-0.1, -0.05) is 37.3 Å². The molecule has 0 bridgehead atoms. The Kier molecular flexibility index (Phi) is 4.23. The first-order chi connectivity index (χ1) is 9.60. The molecular weight excluding hydrogens is 254 g/mol. The van der Waals surface area contributed by atoms with Gasteiger partial charge in [-0.25, -0.2) is 4.79 Å². The second-order valence-corrected chi connectivity index (χ2v) is 5.03. The van der Waals surface area contributed by atoms with Crippen LogP contribution in [0.25, 0.3) is 6.08 Å². The van der Waals surface area contributed by atoms with Crippen molar-refractivity contribution in [1.82, 2.24) is 4.90 Å². The minimum Gasteiger partial charge on any atom is -0.479 e. The van der Waals surface area contributed by atoms with Crippen LogP contribution in [0.5, 0.6) is 0 Å². The zero-order chi connectivity index (χ0) is 14.6. The number of amides is 1. The molecule has 0 saturated carbocycles. The fourth-order valence-corrected chi connectivity index (χ4v) is 2.76. The molecule has 2 rings (SSSR count). The Labute approximate surface area is 118 Å². The minimum absolute atomic E-state index is 0.226. The highest BCUT2D eigenvalue weighted by molar-refractivity contribution is 5.96. The van der Waals surface area contributed by atoms with E-state index in [1.54, 1.807) is 6.08 Å². The Morgan fingerprint density at radius 2 is 2.05 bits per heavy atom. The molecule has 106 valence electrons.